The van der Waals surface area contributed by atoms with Crippen molar-refractivity contribution < 1.29 is 0 Å². The van der Waals surface area contributed by atoms with Crippen LogP contribution in [0, 0.1) is 5.92 Å². The molecule has 0 aliphatic carbocycles. The molecule has 96 valence electrons. The van der Waals surface area contributed by atoms with Crippen LogP contribution in [0.5, 0.6) is 0 Å². The van der Waals surface area contributed by atoms with Crippen LogP contribution >= 0.6 is 27.7 Å². The molecule has 1 nitrogen and oxygen atoms in total. The molecule has 0 amide bonds. The normalized spacial score (nSPS) is 12.6. The van der Waals surface area contributed by atoms with Gasteiger partial charge in [-0.05, 0) is 55.5 Å². The Hall–Kier alpha value is 0.01000. The first-order valence-corrected chi connectivity index (χ1v) is 8.39. The maximum Gasteiger partial charge on any atom is 0.0207 e. The number of nitrogens with one attached hydrogen (secondary N) is 1. The average molecular weight is 316 g/mol. The lowest BCUT2D eigenvalue weighted by molar-refractivity contribution is 0.470. The van der Waals surface area contributed by atoms with Gasteiger partial charge in [0.05, 0.1) is 0 Å². The predicted molar refractivity (Wildman–Crippen MR) is 82.9 cm³/mol. The summed E-state index contributed by atoms with van der Waals surface area (Å²) in [6, 6.07) is 8.56. The molecule has 0 saturated carbocycles. The summed E-state index contributed by atoms with van der Waals surface area (Å²) in [7, 11) is 0. The molecule has 0 fully saturated rings. The van der Waals surface area contributed by atoms with E-state index in [1.54, 1.807) is 0 Å². The summed E-state index contributed by atoms with van der Waals surface area (Å²) in [6.45, 7) is 4.36. The molecular weight excluding hydrogens is 294 g/mol. The minimum Gasteiger partial charge on any atom is -0.317 e. The Balaban J connectivity index is 2.55. The van der Waals surface area contributed by atoms with Crippen LogP contribution in [0.3, 0.4) is 0 Å². The van der Waals surface area contributed by atoms with Gasteiger partial charge < -0.3 is 5.32 Å². The van der Waals surface area contributed by atoms with Crippen LogP contribution in [0.4, 0.5) is 0 Å². The zero-order valence-electron chi connectivity index (χ0n) is 10.7. The number of benzene rings is 1. The standard InChI is InChI=1S/C14H22BrNS/c1-3-16-11-12(8-9-17-2)10-13-6-4-5-7-14(13)15/h4-7,12,16H,3,8-11H2,1-2H3. The van der Waals surface area contributed by atoms with E-state index in [0.29, 0.717) is 0 Å². The van der Waals surface area contributed by atoms with Gasteiger partial charge in [-0.25, -0.2) is 0 Å². The van der Waals surface area contributed by atoms with Gasteiger partial charge in [0.15, 0.2) is 0 Å². The van der Waals surface area contributed by atoms with E-state index in [9.17, 15) is 0 Å². The molecule has 1 N–H and O–H groups in total. The number of rotatable bonds is 8. The molecule has 0 radical (unpaired) electrons. The van der Waals surface area contributed by atoms with Gasteiger partial charge in [-0.3, -0.25) is 0 Å². The van der Waals surface area contributed by atoms with Gasteiger partial charge in [-0.1, -0.05) is 41.1 Å². The Labute approximate surface area is 118 Å². The zero-order valence-corrected chi connectivity index (χ0v) is 13.1. The fourth-order valence-corrected chi connectivity index (χ4v) is 2.90. The second kappa shape index (κ2) is 9.01. The third-order valence-corrected chi connectivity index (χ3v) is 4.30. The summed E-state index contributed by atoms with van der Waals surface area (Å²) < 4.78 is 1.24. The fraction of sp³-hybridized carbons (Fsp3) is 0.571. The van der Waals surface area contributed by atoms with E-state index in [2.05, 4.69) is 58.7 Å². The topological polar surface area (TPSA) is 12.0 Å². The number of thioether (sulfide) groups is 1. The minimum atomic E-state index is 0.737. The van der Waals surface area contributed by atoms with E-state index in [-0.39, 0.29) is 0 Å². The molecule has 1 aromatic carbocycles. The molecule has 0 bridgehead atoms. The van der Waals surface area contributed by atoms with E-state index in [1.807, 2.05) is 11.8 Å². The Morgan fingerprint density at radius 1 is 1.35 bits per heavy atom. The van der Waals surface area contributed by atoms with E-state index < -0.39 is 0 Å². The summed E-state index contributed by atoms with van der Waals surface area (Å²) >= 11 is 5.57. The van der Waals surface area contributed by atoms with Crippen LogP contribution in [-0.4, -0.2) is 25.1 Å². The van der Waals surface area contributed by atoms with Crippen molar-refractivity contribution in [2.24, 2.45) is 5.92 Å². The monoisotopic (exact) mass is 315 g/mol. The lowest BCUT2D eigenvalue weighted by Crippen LogP contribution is -2.24. The molecule has 0 saturated heterocycles. The van der Waals surface area contributed by atoms with Gasteiger partial charge in [0, 0.05) is 4.47 Å². The first kappa shape index (κ1) is 15.1. The van der Waals surface area contributed by atoms with Gasteiger partial charge in [-0.15, -0.1) is 0 Å². The van der Waals surface area contributed by atoms with Crippen LogP contribution in [0.2, 0.25) is 0 Å². The van der Waals surface area contributed by atoms with Crippen LogP contribution in [0.25, 0.3) is 0 Å². The minimum absolute atomic E-state index is 0.737. The van der Waals surface area contributed by atoms with E-state index in [4.69, 9.17) is 0 Å². The van der Waals surface area contributed by atoms with Gasteiger partial charge >= 0.3 is 0 Å². The number of halogens is 1. The van der Waals surface area contributed by atoms with E-state index >= 15 is 0 Å². The Kier molecular flexibility index (Phi) is 7.99. The first-order chi connectivity index (χ1) is 8.27. The van der Waals surface area contributed by atoms with Crippen molar-refractivity contribution in [2.45, 2.75) is 19.8 Å². The van der Waals surface area contributed by atoms with Crippen molar-refractivity contribution in [2.75, 3.05) is 25.1 Å². The summed E-state index contributed by atoms with van der Waals surface area (Å²) in [6.07, 6.45) is 4.63. The molecule has 0 heterocycles. The molecule has 1 aromatic rings. The highest BCUT2D eigenvalue weighted by atomic mass is 79.9. The lowest BCUT2D eigenvalue weighted by atomic mass is 9.97. The molecular formula is C14H22BrNS. The predicted octanol–water partition coefficient (Wildman–Crippen LogP) is 3.97. The van der Waals surface area contributed by atoms with Crippen molar-refractivity contribution in [1.82, 2.24) is 5.32 Å². The second-order valence-corrected chi connectivity index (χ2v) is 6.09. The summed E-state index contributed by atoms with van der Waals surface area (Å²) in [5.74, 6) is 1.99. The lowest BCUT2D eigenvalue weighted by Gasteiger charge is -2.17. The number of hydrogen-bond acceptors (Lipinski definition) is 2. The van der Waals surface area contributed by atoms with Gasteiger partial charge in [0.1, 0.15) is 0 Å². The highest BCUT2D eigenvalue weighted by Crippen LogP contribution is 2.21. The van der Waals surface area contributed by atoms with Crippen LogP contribution < -0.4 is 5.32 Å². The smallest absolute Gasteiger partial charge is 0.0207 e. The Morgan fingerprint density at radius 2 is 2.12 bits per heavy atom. The molecule has 1 rings (SSSR count). The SMILES string of the molecule is CCNCC(CCSC)Cc1ccccc1Br. The molecule has 1 unspecified atom stereocenters. The van der Waals surface area contributed by atoms with Crippen molar-refractivity contribution in [3.8, 4) is 0 Å². The molecule has 1 atom stereocenters. The van der Waals surface area contributed by atoms with Crippen molar-refractivity contribution in [1.29, 1.82) is 0 Å². The van der Waals surface area contributed by atoms with Crippen molar-refractivity contribution in [3.63, 3.8) is 0 Å². The highest BCUT2D eigenvalue weighted by molar-refractivity contribution is 9.10. The Bertz CT molecular complexity index is 309. The van der Waals surface area contributed by atoms with Crippen LogP contribution in [0.15, 0.2) is 28.7 Å². The average Bonchev–Trinajstić information content (AvgIpc) is 2.35. The van der Waals surface area contributed by atoms with Gasteiger partial charge in [0.2, 0.25) is 0 Å². The largest absolute Gasteiger partial charge is 0.317 e. The molecule has 3 heteroatoms. The highest BCUT2D eigenvalue weighted by Gasteiger charge is 2.10. The molecule has 17 heavy (non-hydrogen) atoms. The Morgan fingerprint density at radius 3 is 2.76 bits per heavy atom. The summed E-state index contributed by atoms with van der Waals surface area (Å²) in [4.78, 5) is 0. The van der Waals surface area contributed by atoms with E-state index in [0.717, 1.165) is 25.4 Å². The summed E-state index contributed by atoms with van der Waals surface area (Å²) in [5.41, 5.74) is 1.43. The van der Waals surface area contributed by atoms with Gasteiger partial charge in [0.25, 0.3) is 0 Å². The van der Waals surface area contributed by atoms with Crippen LogP contribution in [-0.2, 0) is 6.42 Å². The van der Waals surface area contributed by atoms with Crippen LogP contribution in [0.1, 0.15) is 18.9 Å². The maximum atomic E-state index is 3.64. The third kappa shape index (κ3) is 5.94. The fourth-order valence-electron chi connectivity index (χ4n) is 1.88. The second-order valence-electron chi connectivity index (χ2n) is 4.25. The molecule has 0 aliphatic rings. The van der Waals surface area contributed by atoms with E-state index in [1.165, 1.54) is 22.2 Å². The van der Waals surface area contributed by atoms with Crippen molar-refractivity contribution in [3.05, 3.63) is 34.3 Å². The number of hydrogen-bond donors (Lipinski definition) is 1. The summed E-state index contributed by atoms with van der Waals surface area (Å²) in [5, 5.41) is 3.47. The van der Waals surface area contributed by atoms with Gasteiger partial charge in [-0.2, -0.15) is 11.8 Å². The molecule has 0 spiro atoms. The third-order valence-electron chi connectivity index (χ3n) is 2.88. The quantitative estimate of drug-likeness (QED) is 0.779. The molecule has 0 aliphatic heterocycles. The van der Waals surface area contributed by atoms with Crippen molar-refractivity contribution >= 4 is 27.7 Å². The molecule has 0 aromatic heterocycles. The zero-order chi connectivity index (χ0) is 12.5. The first-order valence-electron chi connectivity index (χ1n) is 6.21. The maximum absolute atomic E-state index is 3.64.